The lowest BCUT2D eigenvalue weighted by Gasteiger charge is -2.31. The number of nitrogens with two attached hydrogens (primary N) is 1. The molecule has 0 aromatic rings. The first-order chi connectivity index (χ1) is 7.49. The molecule has 16 heavy (non-hydrogen) atoms. The van der Waals surface area contributed by atoms with E-state index in [-0.39, 0.29) is 13.0 Å². The smallest absolute Gasteiger partial charge is 0.378 e. The predicted molar refractivity (Wildman–Crippen MR) is 52.5 cm³/mol. The van der Waals surface area contributed by atoms with Crippen LogP contribution in [-0.4, -0.2) is 51.3 Å². The number of hydrogen-bond donors (Lipinski definition) is 5. The van der Waals surface area contributed by atoms with Crippen molar-refractivity contribution in [2.45, 2.75) is 24.5 Å². The van der Waals surface area contributed by atoms with Gasteiger partial charge >= 0.3 is 5.97 Å². The number of esters is 1. The van der Waals surface area contributed by atoms with Crippen LogP contribution in [-0.2, 0) is 9.53 Å². The van der Waals surface area contributed by atoms with E-state index >= 15 is 0 Å². The summed E-state index contributed by atoms with van der Waals surface area (Å²) in [5.41, 5.74) is 3.49. The van der Waals surface area contributed by atoms with Gasteiger partial charge in [0, 0.05) is 0 Å². The number of carbonyl (C=O) groups excluding carboxylic acids is 1. The van der Waals surface area contributed by atoms with Crippen molar-refractivity contribution in [2.24, 2.45) is 5.73 Å². The number of carbonyl (C=O) groups is 1. The van der Waals surface area contributed by atoms with Crippen LogP contribution in [0.4, 0.5) is 0 Å². The maximum atomic E-state index is 11.1. The Morgan fingerprint density at radius 3 is 2.44 bits per heavy atom. The van der Waals surface area contributed by atoms with E-state index in [4.69, 9.17) is 15.6 Å². The van der Waals surface area contributed by atoms with Gasteiger partial charge in [0.1, 0.15) is 6.10 Å². The molecular weight excluding hydrogens is 218 g/mol. The quantitative estimate of drug-likeness (QED) is 0.373. The lowest BCUT2D eigenvalue weighted by atomic mass is 9.89. The van der Waals surface area contributed by atoms with Gasteiger partial charge in [-0.25, -0.2) is 4.79 Å². The van der Waals surface area contributed by atoms with E-state index in [1.165, 1.54) is 0 Å². The monoisotopic (exact) mass is 233 g/mol. The summed E-state index contributed by atoms with van der Waals surface area (Å²) < 4.78 is 4.75. The summed E-state index contributed by atoms with van der Waals surface area (Å²) in [6.45, 7) is -0.458. The van der Waals surface area contributed by atoms with E-state index in [9.17, 15) is 20.1 Å². The van der Waals surface area contributed by atoms with Crippen LogP contribution < -0.4 is 5.73 Å². The Kier molecular flexibility index (Phi) is 3.74. The van der Waals surface area contributed by atoms with Crippen LogP contribution in [0.3, 0.4) is 0 Å². The normalized spacial score (nSPS) is 27.1. The fraction of sp³-hybridized carbons (Fsp3) is 0.667. The Hall–Kier alpha value is -1.31. The highest BCUT2D eigenvalue weighted by atomic mass is 16.6. The van der Waals surface area contributed by atoms with E-state index < -0.39 is 35.8 Å². The Morgan fingerprint density at radius 1 is 1.44 bits per heavy atom. The van der Waals surface area contributed by atoms with Crippen molar-refractivity contribution in [3.05, 3.63) is 11.5 Å². The Bertz CT molecular complexity index is 315. The molecule has 0 aromatic carbocycles. The fourth-order valence-electron chi connectivity index (χ4n) is 1.63. The maximum absolute atomic E-state index is 11.1. The minimum absolute atomic E-state index is 0.0207. The van der Waals surface area contributed by atoms with Gasteiger partial charge in [0.05, 0.1) is 6.61 Å². The van der Waals surface area contributed by atoms with E-state index in [1.807, 2.05) is 0 Å². The number of cyclic esters (lactones) is 1. The summed E-state index contributed by atoms with van der Waals surface area (Å²) in [6.07, 6.45) is -1.14. The molecule has 6 N–H and O–H groups in total. The SMILES string of the molecule is NCCC[C@]1([C@@H](O)CO)OC(=O)C(O)=C1O. The molecule has 1 heterocycles. The second-order valence-electron chi connectivity index (χ2n) is 3.57. The van der Waals surface area contributed by atoms with Gasteiger partial charge in [-0.05, 0) is 19.4 Å². The molecule has 1 aliphatic rings. The lowest BCUT2D eigenvalue weighted by molar-refractivity contribution is -0.165. The van der Waals surface area contributed by atoms with Crippen LogP contribution in [0, 0.1) is 0 Å². The van der Waals surface area contributed by atoms with Crippen molar-refractivity contribution >= 4 is 5.97 Å². The standard InChI is InChI=1S/C9H15NO6/c10-3-1-2-9(5(12)4-11)7(14)6(13)8(15)16-9/h5,11-14H,1-4,10H2/t5-,9+/m0/s1. The second kappa shape index (κ2) is 4.69. The summed E-state index contributed by atoms with van der Waals surface area (Å²) in [6, 6.07) is 0. The van der Waals surface area contributed by atoms with E-state index in [0.717, 1.165) is 0 Å². The zero-order valence-electron chi connectivity index (χ0n) is 8.59. The molecule has 2 atom stereocenters. The maximum Gasteiger partial charge on any atom is 0.378 e. The van der Waals surface area contributed by atoms with E-state index in [0.29, 0.717) is 6.42 Å². The Balaban J connectivity index is 3.02. The topological polar surface area (TPSA) is 133 Å². The number of hydrogen-bond acceptors (Lipinski definition) is 7. The third-order valence-electron chi connectivity index (χ3n) is 2.56. The molecule has 7 nitrogen and oxygen atoms in total. The highest BCUT2D eigenvalue weighted by molar-refractivity contribution is 5.90. The van der Waals surface area contributed by atoms with Crippen molar-refractivity contribution < 1.29 is 30.0 Å². The highest BCUT2D eigenvalue weighted by Crippen LogP contribution is 2.36. The van der Waals surface area contributed by atoms with Crippen LogP contribution in [0.5, 0.6) is 0 Å². The molecular formula is C9H15NO6. The largest absolute Gasteiger partial charge is 0.505 e. The second-order valence-corrected chi connectivity index (χ2v) is 3.57. The van der Waals surface area contributed by atoms with Crippen LogP contribution in [0.2, 0.25) is 0 Å². The van der Waals surface area contributed by atoms with Gasteiger partial charge in [-0.15, -0.1) is 0 Å². The fourth-order valence-corrected chi connectivity index (χ4v) is 1.63. The van der Waals surface area contributed by atoms with Crippen LogP contribution in [0.1, 0.15) is 12.8 Å². The minimum atomic E-state index is -1.78. The molecule has 0 aromatic heterocycles. The van der Waals surface area contributed by atoms with Gasteiger partial charge in [-0.2, -0.15) is 0 Å². The first-order valence-electron chi connectivity index (χ1n) is 4.84. The average Bonchev–Trinajstić information content (AvgIpc) is 2.51. The summed E-state index contributed by atoms with van der Waals surface area (Å²) in [7, 11) is 0. The minimum Gasteiger partial charge on any atom is -0.505 e. The molecule has 0 saturated heterocycles. The van der Waals surface area contributed by atoms with Crippen LogP contribution in [0.15, 0.2) is 11.5 Å². The zero-order chi connectivity index (χ0) is 12.3. The van der Waals surface area contributed by atoms with Crippen molar-refractivity contribution in [2.75, 3.05) is 13.2 Å². The van der Waals surface area contributed by atoms with Crippen molar-refractivity contribution in [3.63, 3.8) is 0 Å². The lowest BCUT2D eigenvalue weighted by Crippen LogP contribution is -2.47. The Morgan fingerprint density at radius 2 is 2.06 bits per heavy atom. The van der Waals surface area contributed by atoms with Crippen LogP contribution >= 0.6 is 0 Å². The van der Waals surface area contributed by atoms with E-state index in [1.54, 1.807) is 0 Å². The van der Waals surface area contributed by atoms with Gasteiger partial charge in [-0.3, -0.25) is 0 Å². The molecule has 1 aliphatic heterocycles. The first kappa shape index (κ1) is 12.8. The van der Waals surface area contributed by atoms with E-state index in [2.05, 4.69) is 0 Å². The van der Waals surface area contributed by atoms with Gasteiger partial charge in [0.15, 0.2) is 5.76 Å². The third-order valence-corrected chi connectivity index (χ3v) is 2.56. The molecule has 0 spiro atoms. The molecule has 92 valence electrons. The molecule has 0 aliphatic carbocycles. The van der Waals surface area contributed by atoms with Crippen molar-refractivity contribution in [1.29, 1.82) is 0 Å². The molecule has 0 amide bonds. The molecule has 0 saturated carbocycles. The number of aliphatic hydroxyl groups excluding tert-OH is 4. The molecule has 1 rings (SSSR count). The first-order valence-corrected chi connectivity index (χ1v) is 4.84. The molecule has 0 bridgehead atoms. The highest BCUT2D eigenvalue weighted by Gasteiger charge is 2.53. The predicted octanol–water partition coefficient (Wildman–Crippen LogP) is -1.30. The number of ether oxygens (including phenoxy) is 1. The summed E-state index contributed by atoms with van der Waals surface area (Å²) >= 11 is 0. The van der Waals surface area contributed by atoms with Crippen molar-refractivity contribution in [1.82, 2.24) is 0 Å². The Labute approximate surface area is 91.8 Å². The number of rotatable bonds is 5. The van der Waals surface area contributed by atoms with Crippen molar-refractivity contribution in [3.8, 4) is 0 Å². The van der Waals surface area contributed by atoms with Gasteiger partial charge < -0.3 is 30.9 Å². The molecule has 0 radical (unpaired) electrons. The van der Waals surface area contributed by atoms with Gasteiger partial charge in [0.2, 0.25) is 11.4 Å². The van der Waals surface area contributed by atoms with Gasteiger partial charge in [0.25, 0.3) is 0 Å². The number of aliphatic hydroxyl groups is 4. The summed E-state index contributed by atoms with van der Waals surface area (Å²) in [5, 5.41) is 37.2. The average molecular weight is 233 g/mol. The molecule has 0 unspecified atom stereocenters. The van der Waals surface area contributed by atoms with Crippen LogP contribution in [0.25, 0.3) is 0 Å². The summed E-state index contributed by atoms with van der Waals surface area (Å²) in [5.74, 6) is -2.82. The van der Waals surface area contributed by atoms with Gasteiger partial charge in [-0.1, -0.05) is 0 Å². The summed E-state index contributed by atoms with van der Waals surface area (Å²) in [4.78, 5) is 11.1. The molecule has 7 heteroatoms. The molecule has 0 fully saturated rings. The zero-order valence-corrected chi connectivity index (χ0v) is 8.59. The third kappa shape index (κ3) is 1.84.